The van der Waals surface area contributed by atoms with Crippen molar-refractivity contribution in [2.24, 2.45) is 0 Å². The van der Waals surface area contributed by atoms with Crippen LogP contribution in [0.15, 0.2) is 64.7 Å². The van der Waals surface area contributed by atoms with Crippen molar-refractivity contribution in [1.29, 1.82) is 0 Å². The average Bonchev–Trinajstić information content (AvgIpc) is 3.17. The number of halogens is 1. The number of benzene rings is 2. The summed E-state index contributed by atoms with van der Waals surface area (Å²) in [5.74, 6) is -0.194. The summed E-state index contributed by atoms with van der Waals surface area (Å²) >= 11 is 1.35. The first-order chi connectivity index (χ1) is 14.0. The van der Waals surface area contributed by atoms with Crippen LogP contribution in [0, 0.1) is 5.82 Å². The predicted molar refractivity (Wildman–Crippen MR) is 106 cm³/mol. The molecule has 0 fully saturated rings. The van der Waals surface area contributed by atoms with Gasteiger partial charge < -0.3 is 4.74 Å². The maximum absolute atomic E-state index is 13.2. The van der Waals surface area contributed by atoms with E-state index in [1.165, 1.54) is 41.7 Å². The molecule has 0 saturated carbocycles. The predicted octanol–water partition coefficient (Wildman–Crippen LogP) is 3.30. The average molecular weight is 410 g/mol. The van der Waals surface area contributed by atoms with Crippen molar-refractivity contribution in [2.45, 2.75) is 10.9 Å². The van der Waals surface area contributed by atoms with Gasteiger partial charge in [0.2, 0.25) is 0 Å². The zero-order valence-corrected chi connectivity index (χ0v) is 16.1. The van der Waals surface area contributed by atoms with E-state index in [1.807, 2.05) is 12.1 Å². The molecule has 0 aliphatic heterocycles. The van der Waals surface area contributed by atoms with Crippen LogP contribution < -0.4 is 5.69 Å². The first-order valence-corrected chi connectivity index (χ1v) is 9.58. The zero-order chi connectivity index (χ0) is 20.4. The first-order valence-electron chi connectivity index (χ1n) is 8.59. The van der Waals surface area contributed by atoms with Crippen molar-refractivity contribution in [1.82, 2.24) is 19.6 Å². The Morgan fingerprint density at radius 2 is 1.90 bits per heavy atom. The third kappa shape index (κ3) is 3.90. The highest BCUT2D eigenvalue weighted by Gasteiger charge is 2.13. The Morgan fingerprint density at radius 3 is 2.59 bits per heavy atom. The summed E-state index contributed by atoms with van der Waals surface area (Å²) < 4.78 is 19.1. The first kappa shape index (κ1) is 18.9. The maximum atomic E-state index is 13.2. The lowest BCUT2D eigenvalue weighted by Gasteiger charge is -2.04. The van der Waals surface area contributed by atoms with Crippen LogP contribution in [0.2, 0.25) is 0 Å². The third-order valence-corrected chi connectivity index (χ3v) is 5.21. The van der Waals surface area contributed by atoms with Crippen LogP contribution in [0.5, 0.6) is 0 Å². The molecule has 4 rings (SSSR count). The van der Waals surface area contributed by atoms with Crippen LogP contribution in [0.1, 0.15) is 15.9 Å². The number of aromatic nitrogens is 4. The molecule has 2 aromatic heterocycles. The highest BCUT2D eigenvalue weighted by atomic mass is 32.2. The van der Waals surface area contributed by atoms with Crippen molar-refractivity contribution in [3.05, 3.63) is 82.2 Å². The fourth-order valence-corrected chi connectivity index (χ4v) is 3.58. The van der Waals surface area contributed by atoms with Crippen LogP contribution in [-0.2, 0) is 10.5 Å². The van der Waals surface area contributed by atoms with E-state index in [4.69, 9.17) is 0 Å². The second-order valence-corrected chi connectivity index (χ2v) is 7.09. The number of nitrogens with one attached hydrogen (secondary N) is 1. The minimum atomic E-state index is -0.410. The number of rotatable bonds is 5. The molecule has 146 valence electrons. The van der Waals surface area contributed by atoms with E-state index < -0.39 is 11.7 Å². The highest BCUT2D eigenvalue weighted by Crippen LogP contribution is 2.25. The monoisotopic (exact) mass is 410 g/mol. The lowest BCUT2D eigenvalue weighted by atomic mass is 10.1. The molecule has 0 aliphatic carbocycles. The standard InChI is InChI=1S/C20H15FN4O3S/c1-28-18(26)14-4-2-12(3-5-14)11-29-19-23-17-16(10-22-25(17)20(27)24-19)13-6-8-15(21)9-7-13/h2-10H,11H2,1H3,(H,23,24,27). The number of nitrogens with zero attached hydrogens (tertiary/aromatic N) is 3. The summed E-state index contributed by atoms with van der Waals surface area (Å²) in [6, 6.07) is 12.9. The summed E-state index contributed by atoms with van der Waals surface area (Å²) in [6.45, 7) is 0. The molecular formula is C20H15FN4O3S. The Bertz CT molecular complexity index is 1230. The second-order valence-electron chi connectivity index (χ2n) is 6.12. The molecule has 0 aliphatic rings. The quantitative estimate of drug-likeness (QED) is 0.401. The number of esters is 1. The number of thioether (sulfide) groups is 1. The van der Waals surface area contributed by atoms with Gasteiger partial charge in [0, 0.05) is 11.3 Å². The number of aromatic amines is 1. The van der Waals surface area contributed by atoms with Gasteiger partial charge in [-0.25, -0.2) is 19.0 Å². The van der Waals surface area contributed by atoms with Crippen LogP contribution in [0.4, 0.5) is 4.39 Å². The van der Waals surface area contributed by atoms with E-state index in [1.54, 1.807) is 24.3 Å². The van der Waals surface area contributed by atoms with E-state index in [0.717, 1.165) is 5.56 Å². The summed E-state index contributed by atoms with van der Waals surface area (Å²) in [5, 5.41) is 4.51. The van der Waals surface area contributed by atoms with Crippen molar-refractivity contribution >= 4 is 23.4 Å². The third-order valence-electron chi connectivity index (χ3n) is 4.26. The molecule has 0 bridgehead atoms. The van der Waals surface area contributed by atoms with Gasteiger partial charge >= 0.3 is 11.7 Å². The Kier molecular flexibility index (Phi) is 5.13. The number of hydrogen-bond acceptors (Lipinski definition) is 6. The van der Waals surface area contributed by atoms with E-state index in [2.05, 4.69) is 19.8 Å². The van der Waals surface area contributed by atoms with E-state index in [-0.39, 0.29) is 5.82 Å². The van der Waals surface area contributed by atoms with Crippen molar-refractivity contribution in [2.75, 3.05) is 7.11 Å². The second kappa shape index (κ2) is 7.88. The zero-order valence-electron chi connectivity index (χ0n) is 15.3. The van der Waals surface area contributed by atoms with Crippen molar-refractivity contribution < 1.29 is 13.9 Å². The van der Waals surface area contributed by atoms with Gasteiger partial charge in [-0.05, 0) is 35.4 Å². The van der Waals surface area contributed by atoms with Crippen molar-refractivity contribution in [3.8, 4) is 11.1 Å². The maximum Gasteiger partial charge on any atom is 0.350 e. The van der Waals surface area contributed by atoms with Crippen molar-refractivity contribution in [3.63, 3.8) is 0 Å². The van der Waals surface area contributed by atoms with Gasteiger partial charge in [-0.15, -0.1) is 0 Å². The molecule has 2 heterocycles. The number of methoxy groups -OCH3 is 1. The Balaban J connectivity index is 1.59. The fourth-order valence-electron chi connectivity index (χ4n) is 2.77. The van der Waals surface area contributed by atoms with Gasteiger partial charge in [-0.1, -0.05) is 36.0 Å². The highest BCUT2D eigenvalue weighted by molar-refractivity contribution is 7.98. The summed E-state index contributed by atoms with van der Waals surface area (Å²) in [7, 11) is 1.33. The molecule has 9 heteroatoms. The SMILES string of the molecule is COC(=O)c1ccc(CSc2nc3c(-c4ccc(F)cc4)cnn3c(=O)[nH]2)cc1. The van der Waals surface area contributed by atoms with Gasteiger partial charge in [-0.3, -0.25) is 4.98 Å². The number of hydrogen-bond donors (Lipinski definition) is 1. The van der Waals surface area contributed by atoms with Crippen LogP contribution in [-0.4, -0.2) is 32.7 Å². The molecule has 1 N–H and O–H groups in total. The number of carbonyl (C=O) groups is 1. The number of H-pyrrole nitrogens is 1. The fraction of sp³-hybridized carbons (Fsp3) is 0.100. The molecule has 0 amide bonds. The smallest absolute Gasteiger partial charge is 0.350 e. The Morgan fingerprint density at radius 1 is 1.17 bits per heavy atom. The lowest BCUT2D eigenvalue weighted by molar-refractivity contribution is 0.0600. The Labute approximate surface area is 168 Å². The summed E-state index contributed by atoms with van der Waals surface area (Å²) in [6.07, 6.45) is 1.53. The van der Waals surface area contributed by atoms with E-state index in [9.17, 15) is 14.0 Å². The molecule has 7 nitrogen and oxygen atoms in total. The summed E-state index contributed by atoms with van der Waals surface area (Å²) in [4.78, 5) is 31.0. The largest absolute Gasteiger partial charge is 0.465 e. The molecule has 0 saturated heterocycles. The normalized spacial score (nSPS) is 11.0. The molecule has 2 aromatic carbocycles. The van der Waals surface area contributed by atoms with Gasteiger partial charge in [0.15, 0.2) is 10.8 Å². The lowest BCUT2D eigenvalue weighted by Crippen LogP contribution is -2.19. The van der Waals surface area contributed by atoms with E-state index >= 15 is 0 Å². The number of fused-ring (bicyclic) bond motifs is 1. The van der Waals surface area contributed by atoms with Gasteiger partial charge in [-0.2, -0.15) is 9.61 Å². The minimum absolute atomic E-state index is 0.342. The summed E-state index contributed by atoms with van der Waals surface area (Å²) in [5.41, 5.74) is 2.76. The van der Waals surface area contributed by atoms with Gasteiger partial charge in [0.1, 0.15) is 5.82 Å². The van der Waals surface area contributed by atoms with Crippen LogP contribution in [0.3, 0.4) is 0 Å². The molecule has 0 spiro atoms. The molecule has 0 unspecified atom stereocenters. The number of ether oxygens (including phenoxy) is 1. The molecule has 0 atom stereocenters. The molecule has 29 heavy (non-hydrogen) atoms. The Hall–Kier alpha value is -3.46. The van der Waals surface area contributed by atoms with Crippen LogP contribution in [0.25, 0.3) is 16.8 Å². The van der Waals surface area contributed by atoms with Crippen LogP contribution >= 0.6 is 11.8 Å². The van der Waals surface area contributed by atoms with Gasteiger partial charge in [0.25, 0.3) is 0 Å². The molecule has 4 aromatic rings. The molecule has 0 radical (unpaired) electrons. The molecular weight excluding hydrogens is 395 g/mol. The number of carbonyl (C=O) groups excluding carboxylic acids is 1. The topological polar surface area (TPSA) is 89.3 Å². The minimum Gasteiger partial charge on any atom is -0.465 e. The van der Waals surface area contributed by atoms with Gasteiger partial charge in [0.05, 0.1) is 18.9 Å². The van der Waals surface area contributed by atoms with E-state index in [0.29, 0.717) is 33.2 Å².